The van der Waals surface area contributed by atoms with Crippen molar-refractivity contribution in [1.29, 1.82) is 0 Å². The van der Waals surface area contributed by atoms with E-state index in [9.17, 15) is 14.4 Å². The summed E-state index contributed by atoms with van der Waals surface area (Å²) in [5.74, 6) is -0.933. The second-order valence-electron chi connectivity index (χ2n) is 6.03. The van der Waals surface area contributed by atoms with Crippen molar-refractivity contribution in [1.82, 2.24) is 19.7 Å². The normalized spacial score (nSPS) is 14.1. The molecule has 0 saturated carbocycles. The molecule has 0 aromatic carbocycles. The van der Waals surface area contributed by atoms with Gasteiger partial charge < -0.3 is 18.7 Å². The maximum Gasteiger partial charge on any atom is 0.437 e. The standard InChI is InChI=1S/C17H16N4O5/c22-13(10-21-17(24)26-15(19-21)14-4-3-7-25-14)11-8-12(18-9-11)16(23)20-5-1-2-6-20/h3-4,7-9,18H,1-2,5-6,10H2. The van der Waals surface area contributed by atoms with Gasteiger partial charge in [0.05, 0.1) is 6.26 Å². The van der Waals surface area contributed by atoms with Crippen LogP contribution >= 0.6 is 0 Å². The fourth-order valence-electron chi connectivity index (χ4n) is 2.90. The molecular weight excluding hydrogens is 340 g/mol. The fraction of sp³-hybridized carbons (Fsp3) is 0.294. The number of rotatable bonds is 5. The highest BCUT2D eigenvalue weighted by Gasteiger charge is 2.22. The van der Waals surface area contributed by atoms with E-state index in [1.807, 2.05) is 0 Å². The van der Waals surface area contributed by atoms with Crippen LogP contribution in [0.3, 0.4) is 0 Å². The number of hydrogen-bond donors (Lipinski definition) is 1. The van der Waals surface area contributed by atoms with E-state index in [0.29, 0.717) is 17.0 Å². The van der Waals surface area contributed by atoms with E-state index in [0.717, 1.165) is 30.6 Å². The van der Waals surface area contributed by atoms with Gasteiger partial charge in [0.15, 0.2) is 11.5 Å². The molecule has 4 rings (SSSR count). The van der Waals surface area contributed by atoms with Crippen molar-refractivity contribution in [2.45, 2.75) is 19.4 Å². The molecule has 0 spiro atoms. The van der Waals surface area contributed by atoms with Gasteiger partial charge in [0.2, 0.25) is 0 Å². The number of amides is 1. The van der Waals surface area contributed by atoms with Crippen LogP contribution in [-0.4, -0.2) is 44.4 Å². The van der Waals surface area contributed by atoms with Gasteiger partial charge in [-0.2, -0.15) is 4.68 Å². The number of aromatic nitrogens is 3. The average Bonchev–Trinajstić information content (AvgIpc) is 3.41. The molecule has 3 aromatic heterocycles. The van der Waals surface area contributed by atoms with E-state index in [4.69, 9.17) is 8.83 Å². The molecule has 0 atom stereocenters. The van der Waals surface area contributed by atoms with Crippen LogP contribution in [0.4, 0.5) is 0 Å². The monoisotopic (exact) mass is 356 g/mol. The third kappa shape index (κ3) is 2.99. The summed E-state index contributed by atoms with van der Waals surface area (Å²) in [7, 11) is 0. The number of likely N-dealkylation sites (tertiary alicyclic amines) is 1. The molecule has 1 aliphatic rings. The zero-order valence-corrected chi connectivity index (χ0v) is 13.8. The topological polar surface area (TPSA) is 114 Å². The summed E-state index contributed by atoms with van der Waals surface area (Å²) in [4.78, 5) is 41.2. The summed E-state index contributed by atoms with van der Waals surface area (Å²) in [5, 5.41) is 3.96. The van der Waals surface area contributed by atoms with Crippen molar-refractivity contribution in [2.24, 2.45) is 0 Å². The van der Waals surface area contributed by atoms with Crippen molar-refractivity contribution < 1.29 is 18.4 Å². The van der Waals surface area contributed by atoms with Gasteiger partial charge in [-0.15, -0.1) is 5.10 Å². The first-order chi connectivity index (χ1) is 12.6. The summed E-state index contributed by atoms with van der Waals surface area (Å²) in [6, 6.07) is 4.74. The van der Waals surface area contributed by atoms with Gasteiger partial charge in [-0.1, -0.05) is 0 Å². The maximum absolute atomic E-state index is 12.4. The minimum atomic E-state index is -0.756. The van der Waals surface area contributed by atoms with Crippen LogP contribution in [0.15, 0.2) is 44.3 Å². The van der Waals surface area contributed by atoms with E-state index in [2.05, 4.69) is 10.1 Å². The molecule has 3 aromatic rings. The van der Waals surface area contributed by atoms with Crippen LogP contribution in [0.2, 0.25) is 0 Å². The average molecular weight is 356 g/mol. The molecule has 9 nitrogen and oxygen atoms in total. The number of ketones is 1. The molecule has 26 heavy (non-hydrogen) atoms. The number of carbonyl (C=O) groups excluding carboxylic acids is 2. The van der Waals surface area contributed by atoms with Crippen LogP contribution in [-0.2, 0) is 6.54 Å². The van der Waals surface area contributed by atoms with E-state index in [-0.39, 0.29) is 24.1 Å². The van der Waals surface area contributed by atoms with Crippen molar-refractivity contribution >= 4 is 11.7 Å². The van der Waals surface area contributed by atoms with Crippen LogP contribution in [0, 0.1) is 0 Å². The van der Waals surface area contributed by atoms with Gasteiger partial charge in [-0.25, -0.2) is 4.79 Å². The largest absolute Gasteiger partial charge is 0.459 e. The molecule has 4 heterocycles. The first-order valence-corrected chi connectivity index (χ1v) is 8.24. The van der Waals surface area contributed by atoms with Crippen molar-refractivity contribution in [3.05, 3.63) is 52.5 Å². The quantitative estimate of drug-likeness (QED) is 0.694. The summed E-state index contributed by atoms with van der Waals surface area (Å²) in [6.45, 7) is 1.16. The summed E-state index contributed by atoms with van der Waals surface area (Å²) in [5.41, 5.74) is 0.668. The highest BCUT2D eigenvalue weighted by Crippen LogP contribution is 2.16. The molecule has 0 aliphatic carbocycles. The second kappa shape index (κ2) is 6.51. The van der Waals surface area contributed by atoms with Gasteiger partial charge in [0, 0.05) is 24.8 Å². The molecule has 9 heteroatoms. The Bertz CT molecular complexity index is 989. The molecule has 0 bridgehead atoms. The zero-order chi connectivity index (χ0) is 18.1. The van der Waals surface area contributed by atoms with Crippen LogP contribution in [0.5, 0.6) is 0 Å². The third-order valence-corrected chi connectivity index (χ3v) is 4.26. The highest BCUT2D eigenvalue weighted by atomic mass is 16.4. The van der Waals surface area contributed by atoms with Crippen LogP contribution in [0.1, 0.15) is 33.7 Å². The molecule has 134 valence electrons. The lowest BCUT2D eigenvalue weighted by Crippen LogP contribution is -2.27. The lowest BCUT2D eigenvalue weighted by atomic mass is 10.2. The Labute approximate surface area is 147 Å². The van der Waals surface area contributed by atoms with Crippen LogP contribution in [0.25, 0.3) is 11.7 Å². The second-order valence-corrected chi connectivity index (χ2v) is 6.03. The molecular formula is C17H16N4O5. The third-order valence-electron chi connectivity index (χ3n) is 4.26. The van der Waals surface area contributed by atoms with Crippen molar-refractivity contribution in [2.75, 3.05) is 13.1 Å². The van der Waals surface area contributed by atoms with Crippen LogP contribution < -0.4 is 5.76 Å². The molecule has 0 radical (unpaired) electrons. The Hall–Kier alpha value is -3.36. The lowest BCUT2D eigenvalue weighted by molar-refractivity contribution is 0.0787. The van der Waals surface area contributed by atoms with E-state index in [1.165, 1.54) is 18.5 Å². The maximum atomic E-state index is 12.4. The molecule has 1 aliphatic heterocycles. The predicted octanol–water partition coefficient (Wildman–Crippen LogP) is 1.54. The SMILES string of the molecule is O=C(Cn1nc(-c2ccco2)oc1=O)c1c[nH]c(C(=O)N2CCCC2)c1. The lowest BCUT2D eigenvalue weighted by Gasteiger charge is -2.13. The zero-order valence-electron chi connectivity index (χ0n) is 13.8. The molecule has 0 unspecified atom stereocenters. The fourth-order valence-corrected chi connectivity index (χ4v) is 2.90. The molecule has 1 amide bonds. The van der Waals surface area contributed by atoms with Gasteiger partial charge >= 0.3 is 5.76 Å². The summed E-state index contributed by atoms with van der Waals surface area (Å²) in [6.07, 6.45) is 4.87. The Kier molecular flexibility index (Phi) is 4.04. The minimum absolute atomic E-state index is 0.00627. The van der Waals surface area contributed by atoms with Gasteiger partial charge in [0.25, 0.3) is 11.8 Å². The summed E-state index contributed by atoms with van der Waals surface area (Å²) >= 11 is 0. The predicted molar refractivity (Wildman–Crippen MR) is 88.7 cm³/mol. The first-order valence-electron chi connectivity index (χ1n) is 8.24. The van der Waals surface area contributed by atoms with E-state index >= 15 is 0 Å². The number of aromatic amines is 1. The van der Waals surface area contributed by atoms with Crippen molar-refractivity contribution in [3.8, 4) is 11.7 Å². The number of nitrogens with zero attached hydrogens (tertiary/aromatic N) is 3. The molecule has 1 N–H and O–H groups in total. The Morgan fingerprint density at radius 2 is 2.08 bits per heavy atom. The number of Topliss-reactive ketones (excluding diaryl/α,β-unsaturated/α-hetero) is 1. The van der Waals surface area contributed by atoms with E-state index < -0.39 is 5.76 Å². The number of nitrogens with one attached hydrogen (secondary N) is 1. The Morgan fingerprint density at radius 3 is 2.81 bits per heavy atom. The van der Waals surface area contributed by atoms with Gasteiger partial charge in [-0.3, -0.25) is 9.59 Å². The molecule has 1 saturated heterocycles. The van der Waals surface area contributed by atoms with Gasteiger partial charge in [0.1, 0.15) is 12.2 Å². The number of H-pyrrole nitrogens is 1. The number of hydrogen-bond acceptors (Lipinski definition) is 6. The smallest absolute Gasteiger partial charge is 0.437 e. The highest BCUT2D eigenvalue weighted by molar-refractivity contribution is 6.00. The molecule has 1 fully saturated rings. The first kappa shape index (κ1) is 16.1. The minimum Gasteiger partial charge on any atom is -0.459 e. The number of furan rings is 1. The van der Waals surface area contributed by atoms with Crippen molar-refractivity contribution in [3.63, 3.8) is 0 Å². The Balaban J connectivity index is 1.49. The van der Waals surface area contributed by atoms with Gasteiger partial charge in [-0.05, 0) is 31.0 Å². The number of carbonyl (C=O) groups is 2. The Morgan fingerprint density at radius 1 is 1.27 bits per heavy atom. The van der Waals surface area contributed by atoms with E-state index in [1.54, 1.807) is 17.0 Å². The summed E-state index contributed by atoms with van der Waals surface area (Å²) < 4.78 is 11.0.